The summed E-state index contributed by atoms with van der Waals surface area (Å²) in [5.41, 5.74) is 0.356. The van der Waals surface area contributed by atoms with Gasteiger partial charge in [-0.3, -0.25) is 9.69 Å². The van der Waals surface area contributed by atoms with Crippen LogP contribution in [0.2, 0.25) is 0 Å². The van der Waals surface area contributed by atoms with E-state index in [9.17, 15) is 14.4 Å². The van der Waals surface area contributed by atoms with Gasteiger partial charge in [0.1, 0.15) is 12.2 Å². The molecule has 8 nitrogen and oxygen atoms in total. The topological polar surface area (TPSA) is 88.4 Å². The third-order valence-corrected chi connectivity index (χ3v) is 5.47. The molecule has 0 aliphatic carbocycles. The summed E-state index contributed by atoms with van der Waals surface area (Å²) in [6.07, 6.45) is 3.05. The second-order valence-electron chi connectivity index (χ2n) is 7.05. The number of nitrogens with zero attached hydrogens (tertiary/aromatic N) is 6. The summed E-state index contributed by atoms with van der Waals surface area (Å²) in [5, 5.41) is 12.5. The molecule has 0 aromatic carbocycles. The molecule has 0 unspecified atom stereocenters. The summed E-state index contributed by atoms with van der Waals surface area (Å²) < 4.78 is 13.0. The number of halogens is 1. The summed E-state index contributed by atoms with van der Waals surface area (Å²) in [5.74, 6) is 0.670. The number of rotatable bonds is 3. The molecule has 3 aliphatic rings. The maximum Gasteiger partial charge on any atom is 0.239 e. The molecule has 0 radical (unpaired) electrons. The number of carbonyl (C=O) groups is 1. The third-order valence-electron chi connectivity index (χ3n) is 5.47. The molecule has 3 saturated heterocycles. The molecule has 138 valence electrons. The average Bonchev–Trinajstić information content (AvgIpc) is 3.15. The van der Waals surface area contributed by atoms with Crippen molar-refractivity contribution in [2.75, 3.05) is 50.7 Å². The van der Waals surface area contributed by atoms with E-state index in [0.29, 0.717) is 17.6 Å². The highest BCUT2D eigenvalue weighted by Crippen LogP contribution is 2.22. The Morgan fingerprint density at radius 3 is 2.65 bits per heavy atom. The fourth-order valence-electron chi connectivity index (χ4n) is 3.95. The number of aromatic nitrogens is 2. The van der Waals surface area contributed by atoms with E-state index in [0.717, 1.165) is 39.1 Å². The quantitative estimate of drug-likeness (QED) is 0.770. The van der Waals surface area contributed by atoms with E-state index < -0.39 is 6.17 Å². The predicted octanol–water partition coefficient (Wildman–Crippen LogP) is -0.619. The first-order valence-electron chi connectivity index (χ1n) is 9.02. The summed E-state index contributed by atoms with van der Waals surface area (Å²) in [6.45, 7) is 4.50. The van der Waals surface area contributed by atoms with Crippen LogP contribution in [-0.2, 0) is 4.79 Å². The van der Waals surface area contributed by atoms with Crippen LogP contribution in [-0.4, -0.2) is 89.7 Å². The fraction of sp³-hybridized carbons (Fsp3) is 0.647. The van der Waals surface area contributed by atoms with Gasteiger partial charge >= 0.3 is 0 Å². The Morgan fingerprint density at radius 1 is 1.23 bits per heavy atom. The standard InChI is InChI=1S/C17H22FN7O/c18-12-10-25(11-12)17(26)14-7-13(9-22-14)23-3-5-24(6-4-23)16-15(8-19)20-1-2-21-16/h1-2,12-14,22H,3-7,9-11H2/t13-,14-/m0/s1. The van der Waals surface area contributed by atoms with Crippen molar-refractivity contribution in [1.82, 2.24) is 25.1 Å². The summed E-state index contributed by atoms with van der Waals surface area (Å²) in [4.78, 5) is 26.8. The number of amides is 1. The van der Waals surface area contributed by atoms with E-state index in [1.807, 2.05) is 0 Å². The molecule has 3 aliphatic heterocycles. The highest BCUT2D eigenvalue weighted by atomic mass is 19.1. The predicted molar refractivity (Wildman–Crippen MR) is 92.2 cm³/mol. The number of piperazine rings is 1. The summed E-state index contributed by atoms with van der Waals surface area (Å²) in [7, 11) is 0. The maximum absolute atomic E-state index is 13.0. The van der Waals surface area contributed by atoms with Gasteiger partial charge in [0.2, 0.25) is 5.91 Å². The van der Waals surface area contributed by atoms with Crippen molar-refractivity contribution in [2.45, 2.75) is 24.7 Å². The molecule has 2 atom stereocenters. The molecule has 4 rings (SSSR count). The van der Waals surface area contributed by atoms with E-state index in [-0.39, 0.29) is 25.0 Å². The van der Waals surface area contributed by atoms with Gasteiger partial charge in [0.15, 0.2) is 11.5 Å². The summed E-state index contributed by atoms with van der Waals surface area (Å²) >= 11 is 0. The van der Waals surface area contributed by atoms with Crippen molar-refractivity contribution in [3.05, 3.63) is 18.1 Å². The number of hydrogen-bond donors (Lipinski definition) is 1. The normalized spacial score (nSPS) is 27.2. The Bertz CT molecular complexity index is 709. The van der Waals surface area contributed by atoms with Crippen molar-refractivity contribution in [1.29, 1.82) is 5.26 Å². The molecule has 0 spiro atoms. The number of hydrogen-bond acceptors (Lipinski definition) is 7. The van der Waals surface area contributed by atoms with E-state index >= 15 is 0 Å². The van der Waals surface area contributed by atoms with Crippen LogP contribution in [0.15, 0.2) is 12.4 Å². The van der Waals surface area contributed by atoms with Gasteiger partial charge in [0.05, 0.1) is 19.1 Å². The molecule has 0 bridgehead atoms. The smallest absolute Gasteiger partial charge is 0.239 e. The van der Waals surface area contributed by atoms with Crippen LogP contribution in [0.4, 0.5) is 10.2 Å². The lowest BCUT2D eigenvalue weighted by molar-refractivity contribution is -0.140. The minimum atomic E-state index is -0.858. The number of likely N-dealkylation sites (tertiary alicyclic amines) is 1. The van der Waals surface area contributed by atoms with E-state index in [4.69, 9.17) is 0 Å². The summed E-state index contributed by atoms with van der Waals surface area (Å²) in [6, 6.07) is 2.21. The van der Waals surface area contributed by atoms with Gasteiger partial charge in [-0.1, -0.05) is 0 Å². The number of anilines is 1. The van der Waals surface area contributed by atoms with Gasteiger partial charge < -0.3 is 15.1 Å². The first kappa shape index (κ1) is 17.1. The number of nitriles is 1. The van der Waals surface area contributed by atoms with Crippen LogP contribution in [0.25, 0.3) is 0 Å². The largest absolute Gasteiger partial charge is 0.352 e. The van der Waals surface area contributed by atoms with Crippen LogP contribution < -0.4 is 10.2 Å². The number of carbonyl (C=O) groups excluding carboxylic acids is 1. The zero-order chi connectivity index (χ0) is 18.1. The molecule has 4 heterocycles. The number of alkyl halides is 1. The van der Waals surface area contributed by atoms with Gasteiger partial charge in [-0.15, -0.1) is 0 Å². The maximum atomic E-state index is 13.0. The second-order valence-corrected chi connectivity index (χ2v) is 7.05. The van der Waals surface area contributed by atoms with Gasteiger partial charge in [-0.25, -0.2) is 14.4 Å². The van der Waals surface area contributed by atoms with E-state index in [1.165, 1.54) is 6.20 Å². The Morgan fingerprint density at radius 2 is 1.96 bits per heavy atom. The van der Waals surface area contributed by atoms with Crippen molar-refractivity contribution in [3.63, 3.8) is 0 Å². The van der Waals surface area contributed by atoms with Crippen molar-refractivity contribution >= 4 is 11.7 Å². The minimum Gasteiger partial charge on any atom is -0.352 e. The zero-order valence-electron chi connectivity index (χ0n) is 14.5. The Hall–Kier alpha value is -2.31. The van der Waals surface area contributed by atoms with Gasteiger partial charge in [0.25, 0.3) is 0 Å². The molecule has 0 saturated carbocycles. The molecule has 1 amide bonds. The third kappa shape index (κ3) is 3.22. The lowest BCUT2D eigenvalue weighted by Crippen LogP contribution is -2.56. The number of nitrogens with one attached hydrogen (secondary N) is 1. The average molecular weight is 359 g/mol. The van der Waals surface area contributed by atoms with Gasteiger partial charge in [-0.2, -0.15) is 5.26 Å². The molecule has 9 heteroatoms. The van der Waals surface area contributed by atoms with Crippen molar-refractivity contribution in [2.24, 2.45) is 0 Å². The molecule has 3 fully saturated rings. The van der Waals surface area contributed by atoms with E-state index in [1.54, 1.807) is 11.1 Å². The van der Waals surface area contributed by atoms with Crippen molar-refractivity contribution < 1.29 is 9.18 Å². The van der Waals surface area contributed by atoms with Crippen LogP contribution in [0.1, 0.15) is 12.1 Å². The zero-order valence-corrected chi connectivity index (χ0v) is 14.5. The van der Waals surface area contributed by atoms with Gasteiger partial charge in [-0.05, 0) is 6.42 Å². The van der Waals surface area contributed by atoms with Crippen LogP contribution >= 0.6 is 0 Å². The second kappa shape index (κ2) is 7.13. The monoisotopic (exact) mass is 359 g/mol. The van der Waals surface area contributed by atoms with Crippen LogP contribution in [0.5, 0.6) is 0 Å². The molecule has 26 heavy (non-hydrogen) atoms. The minimum absolute atomic E-state index is 0.0262. The highest BCUT2D eigenvalue weighted by Gasteiger charge is 2.39. The fourth-order valence-corrected chi connectivity index (χ4v) is 3.95. The lowest BCUT2D eigenvalue weighted by Gasteiger charge is -2.38. The molecule has 1 aromatic rings. The molecular weight excluding hydrogens is 337 g/mol. The van der Waals surface area contributed by atoms with Gasteiger partial charge in [0, 0.05) is 51.2 Å². The van der Waals surface area contributed by atoms with Crippen molar-refractivity contribution in [3.8, 4) is 6.07 Å². The molecule has 1 N–H and O–H groups in total. The Balaban J connectivity index is 1.30. The lowest BCUT2D eigenvalue weighted by atomic mass is 10.1. The Labute approximate surface area is 151 Å². The highest BCUT2D eigenvalue weighted by molar-refractivity contribution is 5.83. The first-order valence-corrected chi connectivity index (χ1v) is 9.02. The van der Waals surface area contributed by atoms with E-state index in [2.05, 4.69) is 31.2 Å². The first-order chi connectivity index (χ1) is 12.7. The molecule has 1 aromatic heterocycles. The van der Waals surface area contributed by atoms with Crippen LogP contribution in [0, 0.1) is 11.3 Å². The Kier molecular flexibility index (Phi) is 4.70. The van der Waals surface area contributed by atoms with Crippen LogP contribution in [0.3, 0.4) is 0 Å². The molecular formula is C17H22FN7O. The SMILES string of the molecule is N#Cc1nccnc1N1CCN([C@@H]2CN[C@H](C(=O)N3CC(F)C3)C2)CC1.